The fourth-order valence-electron chi connectivity index (χ4n) is 7.81. The number of aromatic nitrogens is 3. The van der Waals surface area contributed by atoms with Gasteiger partial charge in [0.1, 0.15) is 11.2 Å². The van der Waals surface area contributed by atoms with Crippen molar-refractivity contribution in [1.82, 2.24) is 15.0 Å². The largest absolute Gasteiger partial charge is 0.456 e. The molecule has 11 rings (SSSR count). The molecule has 262 valence electrons. The Hall–Kier alpha value is -7.21. The Kier molecular flexibility index (Phi) is 7.64. The van der Waals surface area contributed by atoms with E-state index in [-0.39, 0.29) is 0 Å². The fourth-order valence-corrected chi connectivity index (χ4v) is 9.07. The van der Waals surface area contributed by atoms with E-state index >= 15 is 0 Å². The molecule has 0 N–H and O–H groups in total. The summed E-state index contributed by atoms with van der Waals surface area (Å²) in [4.78, 5) is 15.0. The molecule has 0 aliphatic carbocycles. The van der Waals surface area contributed by atoms with Crippen LogP contribution in [0.2, 0.25) is 0 Å². The van der Waals surface area contributed by atoms with Crippen molar-refractivity contribution in [3.63, 3.8) is 0 Å². The van der Waals surface area contributed by atoms with Crippen LogP contribution in [0.4, 0.5) is 0 Å². The van der Waals surface area contributed by atoms with Crippen LogP contribution >= 0.6 is 11.3 Å². The minimum Gasteiger partial charge on any atom is -0.456 e. The maximum atomic E-state index is 6.65. The molecule has 8 aromatic carbocycles. The van der Waals surface area contributed by atoms with Gasteiger partial charge in [0.25, 0.3) is 0 Å². The molecule has 3 aromatic heterocycles. The van der Waals surface area contributed by atoms with Gasteiger partial charge in [-0.3, -0.25) is 0 Å². The Labute approximate surface area is 327 Å². The third-order valence-corrected chi connectivity index (χ3v) is 11.8. The van der Waals surface area contributed by atoms with Gasteiger partial charge in [-0.2, -0.15) is 0 Å². The van der Waals surface area contributed by atoms with Crippen molar-refractivity contribution in [2.75, 3.05) is 0 Å². The molecule has 0 fully saturated rings. The lowest BCUT2D eigenvalue weighted by atomic mass is 9.97. The van der Waals surface area contributed by atoms with Crippen LogP contribution in [0.15, 0.2) is 192 Å². The van der Waals surface area contributed by atoms with Gasteiger partial charge in [0.05, 0.1) is 0 Å². The third kappa shape index (κ3) is 5.56. The summed E-state index contributed by atoms with van der Waals surface area (Å²) in [5.41, 5.74) is 11.5. The van der Waals surface area contributed by atoms with Gasteiger partial charge in [-0.1, -0.05) is 158 Å². The van der Waals surface area contributed by atoms with Crippen LogP contribution in [0, 0.1) is 0 Å². The number of benzene rings is 8. The lowest BCUT2D eigenvalue weighted by Gasteiger charge is -2.09. The van der Waals surface area contributed by atoms with Crippen molar-refractivity contribution >= 4 is 53.4 Å². The van der Waals surface area contributed by atoms with Crippen LogP contribution in [0.25, 0.3) is 110 Å². The normalized spacial score (nSPS) is 11.6. The summed E-state index contributed by atoms with van der Waals surface area (Å²) >= 11 is 1.86. The van der Waals surface area contributed by atoms with Crippen molar-refractivity contribution in [2.24, 2.45) is 0 Å². The van der Waals surface area contributed by atoms with E-state index in [4.69, 9.17) is 19.4 Å². The zero-order valence-electron chi connectivity index (χ0n) is 30.1. The molecule has 0 aliphatic heterocycles. The molecule has 0 unspecified atom stereocenters. The molecule has 0 atom stereocenters. The molecule has 0 amide bonds. The van der Waals surface area contributed by atoms with Gasteiger partial charge in [0, 0.05) is 47.6 Å². The van der Waals surface area contributed by atoms with Crippen LogP contribution in [-0.2, 0) is 0 Å². The highest BCUT2D eigenvalue weighted by molar-refractivity contribution is 7.26. The standard InChI is InChI=1S/C51H31N3OS/c1-4-12-32(13-5-1)33-22-24-36(25-23-33)50-52-49(35-16-8-3-9-17-35)53-51(54-50)38-27-29-42-41-28-26-37(30-44(41)55-45(42)31-38)39-18-11-21-46-47(39)43-20-10-19-40(48(43)56-46)34-14-6-2-7-15-34/h1-31H. The maximum absolute atomic E-state index is 6.65. The smallest absolute Gasteiger partial charge is 0.164 e. The first-order valence-electron chi connectivity index (χ1n) is 18.7. The number of fused-ring (bicyclic) bond motifs is 6. The number of thiophene rings is 1. The van der Waals surface area contributed by atoms with E-state index in [0.717, 1.165) is 49.8 Å². The Bertz CT molecular complexity index is 3230. The summed E-state index contributed by atoms with van der Waals surface area (Å²) in [6.07, 6.45) is 0. The Morgan fingerprint density at radius 1 is 0.339 bits per heavy atom. The average molecular weight is 734 g/mol. The fraction of sp³-hybridized carbons (Fsp3) is 0. The first-order chi connectivity index (χ1) is 27.7. The van der Waals surface area contributed by atoms with Crippen molar-refractivity contribution in [2.45, 2.75) is 0 Å². The number of rotatable bonds is 6. The first kappa shape index (κ1) is 32.2. The quantitative estimate of drug-likeness (QED) is 0.171. The summed E-state index contributed by atoms with van der Waals surface area (Å²) in [7, 11) is 0. The van der Waals surface area contributed by atoms with Crippen molar-refractivity contribution in [3.05, 3.63) is 188 Å². The Balaban J connectivity index is 1.00. The van der Waals surface area contributed by atoms with E-state index in [1.807, 2.05) is 47.7 Å². The van der Waals surface area contributed by atoms with Crippen LogP contribution in [0.5, 0.6) is 0 Å². The van der Waals surface area contributed by atoms with Gasteiger partial charge >= 0.3 is 0 Å². The van der Waals surface area contributed by atoms with Crippen LogP contribution < -0.4 is 0 Å². The van der Waals surface area contributed by atoms with Gasteiger partial charge in [0.15, 0.2) is 17.5 Å². The zero-order chi connectivity index (χ0) is 37.0. The Morgan fingerprint density at radius 3 is 1.50 bits per heavy atom. The van der Waals surface area contributed by atoms with Crippen LogP contribution in [0.3, 0.4) is 0 Å². The molecule has 0 aliphatic rings. The van der Waals surface area contributed by atoms with E-state index in [1.165, 1.54) is 42.4 Å². The lowest BCUT2D eigenvalue weighted by molar-refractivity contribution is 0.669. The summed E-state index contributed by atoms with van der Waals surface area (Å²) < 4.78 is 9.23. The number of nitrogens with zero attached hydrogens (tertiary/aromatic N) is 3. The molecule has 3 heterocycles. The van der Waals surface area contributed by atoms with Crippen molar-refractivity contribution in [3.8, 4) is 67.5 Å². The van der Waals surface area contributed by atoms with E-state index in [2.05, 4.69) is 152 Å². The van der Waals surface area contributed by atoms with Gasteiger partial charge < -0.3 is 4.42 Å². The summed E-state index contributed by atoms with van der Waals surface area (Å²) in [5.74, 6) is 1.84. The summed E-state index contributed by atoms with van der Waals surface area (Å²) in [6.45, 7) is 0. The second kappa shape index (κ2) is 13.3. The van der Waals surface area contributed by atoms with Gasteiger partial charge in [-0.05, 0) is 63.7 Å². The maximum Gasteiger partial charge on any atom is 0.164 e. The molecule has 5 heteroatoms. The first-order valence-corrected chi connectivity index (χ1v) is 19.5. The topological polar surface area (TPSA) is 51.8 Å². The zero-order valence-corrected chi connectivity index (χ0v) is 30.9. The van der Waals surface area contributed by atoms with Crippen molar-refractivity contribution in [1.29, 1.82) is 0 Å². The lowest BCUT2D eigenvalue weighted by Crippen LogP contribution is -2.00. The monoisotopic (exact) mass is 733 g/mol. The predicted octanol–water partition coefficient (Wildman–Crippen LogP) is 14.1. The number of hydrogen-bond acceptors (Lipinski definition) is 5. The van der Waals surface area contributed by atoms with E-state index in [9.17, 15) is 0 Å². The van der Waals surface area contributed by atoms with Gasteiger partial charge in [-0.15, -0.1) is 11.3 Å². The SMILES string of the molecule is c1ccc(-c2ccc(-c3nc(-c4ccccc4)nc(-c4ccc5c(c4)oc4cc(-c6cccc7sc8c(-c9ccccc9)cccc8c67)ccc45)n3)cc2)cc1. The molecular formula is C51H31N3OS. The van der Waals surface area contributed by atoms with Crippen LogP contribution in [-0.4, -0.2) is 15.0 Å². The molecule has 11 aromatic rings. The minimum absolute atomic E-state index is 0.593. The molecule has 56 heavy (non-hydrogen) atoms. The van der Waals surface area contributed by atoms with Crippen LogP contribution in [0.1, 0.15) is 0 Å². The molecular weight excluding hydrogens is 703 g/mol. The van der Waals surface area contributed by atoms with Gasteiger partial charge in [0.2, 0.25) is 0 Å². The second-order valence-electron chi connectivity index (χ2n) is 14.0. The number of furan rings is 1. The summed E-state index contributed by atoms with van der Waals surface area (Å²) in [5, 5.41) is 4.67. The number of hydrogen-bond donors (Lipinski definition) is 0. The molecule has 0 saturated heterocycles. The predicted molar refractivity (Wildman–Crippen MR) is 233 cm³/mol. The molecule has 4 nitrogen and oxygen atoms in total. The average Bonchev–Trinajstić information content (AvgIpc) is 3.85. The van der Waals surface area contributed by atoms with E-state index in [1.54, 1.807) is 0 Å². The Morgan fingerprint density at radius 2 is 0.821 bits per heavy atom. The highest BCUT2D eigenvalue weighted by atomic mass is 32.1. The molecule has 0 spiro atoms. The highest BCUT2D eigenvalue weighted by Gasteiger charge is 2.18. The third-order valence-electron chi connectivity index (χ3n) is 10.6. The summed E-state index contributed by atoms with van der Waals surface area (Å²) in [6, 6.07) is 65.6. The van der Waals surface area contributed by atoms with E-state index in [0.29, 0.717) is 17.5 Å². The van der Waals surface area contributed by atoms with Crippen molar-refractivity contribution < 1.29 is 4.42 Å². The molecule has 0 radical (unpaired) electrons. The van der Waals surface area contributed by atoms with Gasteiger partial charge in [-0.25, -0.2) is 15.0 Å². The highest BCUT2D eigenvalue weighted by Crippen LogP contribution is 2.44. The second-order valence-corrected chi connectivity index (χ2v) is 15.0. The van der Waals surface area contributed by atoms with E-state index < -0.39 is 0 Å². The minimum atomic E-state index is 0.593. The molecule has 0 bridgehead atoms. The molecule has 0 saturated carbocycles.